The van der Waals surface area contributed by atoms with Gasteiger partial charge in [-0.15, -0.1) is 23.5 Å². The molecule has 2 nitrogen and oxygen atoms in total. The highest BCUT2D eigenvalue weighted by molar-refractivity contribution is 8.21. The van der Waals surface area contributed by atoms with Crippen molar-refractivity contribution in [2.45, 2.75) is 75.3 Å². The molecule has 0 bridgehead atoms. The lowest BCUT2D eigenvalue weighted by atomic mass is 10.1. The molecule has 0 radical (unpaired) electrons. The first-order valence-electron chi connectivity index (χ1n) is 8.58. The Morgan fingerprint density at radius 2 is 1.67 bits per heavy atom. The summed E-state index contributed by atoms with van der Waals surface area (Å²) in [5, 5.41) is 0. The Labute approximate surface area is 138 Å². The van der Waals surface area contributed by atoms with E-state index in [9.17, 15) is 0 Å². The lowest BCUT2D eigenvalue weighted by Gasteiger charge is -2.27. The summed E-state index contributed by atoms with van der Waals surface area (Å²) in [5.74, 6) is 2.63. The molecule has 2 rings (SSSR count). The summed E-state index contributed by atoms with van der Waals surface area (Å²) >= 11 is 4.35. The van der Waals surface area contributed by atoms with Gasteiger partial charge in [0, 0.05) is 30.4 Å². The molecular formula is C17H30N2S2. The van der Waals surface area contributed by atoms with Crippen LogP contribution < -0.4 is 0 Å². The van der Waals surface area contributed by atoms with Crippen molar-refractivity contribution >= 4 is 23.5 Å². The average molecular weight is 327 g/mol. The molecule has 1 aliphatic heterocycles. The van der Waals surface area contributed by atoms with Crippen LogP contribution in [-0.4, -0.2) is 25.1 Å². The van der Waals surface area contributed by atoms with Crippen LogP contribution in [0.3, 0.4) is 0 Å². The van der Waals surface area contributed by atoms with Gasteiger partial charge in [0.05, 0.1) is 10.4 Å². The van der Waals surface area contributed by atoms with Crippen LogP contribution in [0.1, 0.15) is 64.7 Å². The highest BCUT2D eigenvalue weighted by Crippen LogP contribution is 2.48. The minimum absolute atomic E-state index is 0.420. The fourth-order valence-corrected chi connectivity index (χ4v) is 6.30. The van der Waals surface area contributed by atoms with Crippen molar-refractivity contribution < 1.29 is 0 Å². The van der Waals surface area contributed by atoms with Crippen LogP contribution in [0.25, 0.3) is 0 Å². The topological polar surface area (TPSA) is 17.8 Å². The average Bonchev–Trinajstić information content (AvgIpc) is 3.15. The van der Waals surface area contributed by atoms with Gasteiger partial charge in [-0.3, -0.25) is 0 Å². The highest BCUT2D eigenvalue weighted by Gasteiger charge is 2.35. The summed E-state index contributed by atoms with van der Waals surface area (Å²) in [5.41, 5.74) is 0. The Kier molecular flexibility index (Phi) is 8.08. The second-order valence-electron chi connectivity index (χ2n) is 6.07. The summed E-state index contributed by atoms with van der Waals surface area (Å²) < 4.78 is 2.68. The zero-order chi connectivity index (χ0) is 14.8. The van der Waals surface area contributed by atoms with Crippen molar-refractivity contribution in [2.24, 2.45) is 0 Å². The third-order valence-corrected chi connectivity index (χ3v) is 7.71. The van der Waals surface area contributed by atoms with Gasteiger partial charge in [0.2, 0.25) is 0 Å². The molecule has 21 heavy (non-hydrogen) atoms. The molecule has 0 atom stereocenters. The van der Waals surface area contributed by atoms with Gasteiger partial charge in [0.1, 0.15) is 0 Å². The molecule has 0 unspecified atom stereocenters. The van der Waals surface area contributed by atoms with Gasteiger partial charge in [-0.2, -0.15) is 0 Å². The van der Waals surface area contributed by atoms with Crippen molar-refractivity contribution in [1.29, 1.82) is 0 Å². The molecule has 1 aromatic heterocycles. The Morgan fingerprint density at radius 3 is 2.29 bits per heavy atom. The molecule has 4 heteroatoms. The van der Waals surface area contributed by atoms with E-state index >= 15 is 0 Å². The molecule has 1 fully saturated rings. The number of rotatable bonds is 11. The van der Waals surface area contributed by atoms with Gasteiger partial charge in [-0.25, -0.2) is 4.98 Å². The summed E-state index contributed by atoms with van der Waals surface area (Å²) in [6, 6.07) is 0. The summed E-state index contributed by atoms with van der Waals surface area (Å²) in [4.78, 5) is 4.19. The molecule has 1 aliphatic rings. The molecule has 1 aromatic rings. The third-order valence-electron chi connectivity index (χ3n) is 4.21. The Hall–Kier alpha value is -0.0900. The number of hydrogen-bond donors (Lipinski definition) is 0. The minimum Gasteiger partial charge on any atom is -0.335 e. The molecule has 2 heterocycles. The smallest absolute Gasteiger partial charge is 0.0946 e. The van der Waals surface area contributed by atoms with Crippen LogP contribution in [-0.2, 0) is 6.54 Å². The Balaban J connectivity index is 1.62. The zero-order valence-electron chi connectivity index (χ0n) is 13.4. The van der Waals surface area contributed by atoms with E-state index in [1.165, 1.54) is 69.3 Å². The lowest BCUT2D eigenvalue weighted by Crippen LogP contribution is -2.24. The first-order valence-corrected chi connectivity index (χ1v) is 10.6. The van der Waals surface area contributed by atoms with Gasteiger partial charge < -0.3 is 4.57 Å². The third kappa shape index (κ3) is 6.27. The number of unbranched alkanes of at least 4 members (excludes halogenated alkanes) is 7. The van der Waals surface area contributed by atoms with Crippen molar-refractivity contribution in [1.82, 2.24) is 9.55 Å². The molecule has 0 N–H and O–H groups in total. The number of hydrogen-bond acceptors (Lipinski definition) is 3. The van der Waals surface area contributed by atoms with E-state index in [4.69, 9.17) is 0 Å². The number of thioether (sulfide) groups is 2. The van der Waals surface area contributed by atoms with Gasteiger partial charge in [0.25, 0.3) is 0 Å². The fourth-order valence-electron chi connectivity index (χ4n) is 3.00. The maximum atomic E-state index is 4.19. The van der Waals surface area contributed by atoms with Crippen LogP contribution >= 0.6 is 23.5 Å². The molecule has 0 saturated carbocycles. The van der Waals surface area contributed by atoms with E-state index in [1.807, 2.05) is 12.5 Å². The first kappa shape index (κ1) is 17.3. The van der Waals surface area contributed by atoms with E-state index in [1.54, 1.807) is 0 Å². The van der Waals surface area contributed by atoms with Crippen LogP contribution in [0.5, 0.6) is 0 Å². The molecule has 0 aliphatic carbocycles. The summed E-state index contributed by atoms with van der Waals surface area (Å²) in [7, 11) is 0. The van der Waals surface area contributed by atoms with E-state index in [-0.39, 0.29) is 0 Å². The minimum atomic E-state index is 0.420. The zero-order valence-corrected chi connectivity index (χ0v) is 15.1. The SMILES string of the molecule is CCCCCCCCCCC1(Cn2ccnc2)SCCS1. The van der Waals surface area contributed by atoms with Crippen molar-refractivity contribution in [3.05, 3.63) is 18.7 Å². The standard InChI is InChI=1S/C17H30N2S2/c1-2-3-4-5-6-7-8-9-10-17(20-13-14-21-17)15-19-12-11-18-16-19/h11-12,16H,2-10,13-15H2,1H3. The van der Waals surface area contributed by atoms with Crippen molar-refractivity contribution in [2.75, 3.05) is 11.5 Å². The van der Waals surface area contributed by atoms with Crippen molar-refractivity contribution in [3.63, 3.8) is 0 Å². The van der Waals surface area contributed by atoms with Gasteiger partial charge >= 0.3 is 0 Å². The molecule has 1 saturated heterocycles. The largest absolute Gasteiger partial charge is 0.335 e. The van der Waals surface area contributed by atoms with Crippen LogP contribution in [0, 0.1) is 0 Å². The number of imidazole rings is 1. The maximum Gasteiger partial charge on any atom is 0.0946 e. The second-order valence-corrected chi connectivity index (χ2v) is 9.28. The number of nitrogens with zero attached hydrogens (tertiary/aromatic N) is 2. The predicted octanol–water partition coefficient (Wildman–Crippen LogP) is 5.59. The van der Waals surface area contributed by atoms with Gasteiger partial charge in [-0.1, -0.05) is 58.3 Å². The molecule has 0 amide bonds. The Morgan fingerprint density at radius 1 is 1.00 bits per heavy atom. The van der Waals surface area contributed by atoms with E-state index in [0.29, 0.717) is 4.08 Å². The number of aromatic nitrogens is 2. The maximum absolute atomic E-state index is 4.19. The van der Waals surface area contributed by atoms with E-state index in [0.717, 1.165) is 6.54 Å². The van der Waals surface area contributed by atoms with Crippen molar-refractivity contribution in [3.8, 4) is 0 Å². The van der Waals surface area contributed by atoms with Crippen LogP contribution in [0.15, 0.2) is 18.7 Å². The monoisotopic (exact) mass is 326 g/mol. The van der Waals surface area contributed by atoms with Crippen LogP contribution in [0.2, 0.25) is 0 Å². The lowest BCUT2D eigenvalue weighted by molar-refractivity contribution is 0.527. The fraction of sp³-hybridized carbons (Fsp3) is 0.824. The van der Waals surface area contributed by atoms with E-state index < -0.39 is 0 Å². The normalized spacial score (nSPS) is 17.4. The van der Waals surface area contributed by atoms with Crippen LogP contribution in [0.4, 0.5) is 0 Å². The summed E-state index contributed by atoms with van der Waals surface area (Å²) in [6.07, 6.45) is 18.7. The molecule has 0 aromatic carbocycles. The Bertz CT molecular complexity index is 359. The predicted molar refractivity (Wildman–Crippen MR) is 97.1 cm³/mol. The van der Waals surface area contributed by atoms with Gasteiger partial charge in [0.15, 0.2) is 0 Å². The molecule has 0 spiro atoms. The van der Waals surface area contributed by atoms with E-state index in [2.05, 4.69) is 46.2 Å². The first-order chi connectivity index (χ1) is 10.3. The molecule has 120 valence electrons. The quantitative estimate of drug-likeness (QED) is 0.494. The highest BCUT2D eigenvalue weighted by atomic mass is 32.2. The summed E-state index contributed by atoms with van der Waals surface area (Å²) in [6.45, 7) is 3.41. The van der Waals surface area contributed by atoms with Gasteiger partial charge in [-0.05, 0) is 6.42 Å². The second kappa shape index (κ2) is 9.83. The molecular weight excluding hydrogens is 296 g/mol.